The minimum absolute atomic E-state index is 0.162. The van der Waals surface area contributed by atoms with Gasteiger partial charge in [0.25, 0.3) is 0 Å². The Hall–Kier alpha value is -2.07. The van der Waals surface area contributed by atoms with Crippen molar-refractivity contribution < 1.29 is 19.2 Å². The third-order valence-electron chi connectivity index (χ3n) is 3.18. The highest BCUT2D eigenvalue weighted by Gasteiger charge is 2.08. The van der Waals surface area contributed by atoms with Gasteiger partial charge in [-0.05, 0) is 18.2 Å². The highest BCUT2D eigenvalue weighted by Crippen LogP contribution is 2.23. The third-order valence-corrected chi connectivity index (χ3v) is 3.18. The molecule has 2 N–H and O–H groups in total. The van der Waals surface area contributed by atoms with Gasteiger partial charge < -0.3 is 14.8 Å². The average molecular weight is 276 g/mol. The second-order valence-electron chi connectivity index (χ2n) is 4.47. The molecule has 0 aromatic heterocycles. The highest BCUT2D eigenvalue weighted by atomic mass is 19.1. The minimum Gasteiger partial charge on any atom is -0.497 e. The van der Waals surface area contributed by atoms with E-state index < -0.39 is 0 Å². The molecule has 0 saturated carbocycles. The molecule has 2 rings (SSSR count). The monoisotopic (exact) mass is 276 g/mol. The summed E-state index contributed by atoms with van der Waals surface area (Å²) < 4.78 is 24.0. The molecule has 0 unspecified atom stereocenters. The first kappa shape index (κ1) is 14.3. The molecule has 0 radical (unpaired) electrons. The van der Waals surface area contributed by atoms with Crippen LogP contribution in [0.1, 0.15) is 11.1 Å². The van der Waals surface area contributed by atoms with Crippen molar-refractivity contribution in [2.75, 3.05) is 14.2 Å². The van der Waals surface area contributed by atoms with E-state index in [1.54, 1.807) is 26.4 Å². The first-order valence-electron chi connectivity index (χ1n) is 6.50. The molecule has 4 heteroatoms. The Balaban J connectivity index is 1.99. The van der Waals surface area contributed by atoms with Crippen molar-refractivity contribution in [2.24, 2.45) is 0 Å². The van der Waals surface area contributed by atoms with Crippen molar-refractivity contribution in [1.82, 2.24) is 0 Å². The van der Waals surface area contributed by atoms with Crippen molar-refractivity contribution in [3.05, 3.63) is 59.4 Å². The number of halogens is 1. The molecule has 20 heavy (non-hydrogen) atoms. The lowest BCUT2D eigenvalue weighted by Gasteiger charge is -2.09. The van der Waals surface area contributed by atoms with Gasteiger partial charge >= 0.3 is 0 Å². The van der Waals surface area contributed by atoms with Crippen LogP contribution in [-0.2, 0) is 13.1 Å². The molecular formula is C16H19FNO2+. The molecule has 2 aromatic carbocycles. The van der Waals surface area contributed by atoms with Gasteiger partial charge in [-0.15, -0.1) is 0 Å². The molecule has 0 aliphatic rings. The Kier molecular flexibility index (Phi) is 4.96. The SMILES string of the molecule is COc1ccc(C[NH2+]Cc2ccccc2F)c(OC)c1. The largest absolute Gasteiger partial charge is 0.497 e. The number of ether oxygens (including phenoxy) is 2. The van der Waals surface area contributed by atoms with Crippen LogP contribution in [0, 0.1) is 5.82 Å². The van der Waals surface area contributed by atoms with E-state index in [1.807, 2.05) is 29.6 Å². The summed E-state index contributed by atoms with van der Waals surface area (Å²) in [5, 5.41) is 2.04. The van der Waals surface area contributed by atoms with Crippen molar-refractivity contribution in [2.45, 2.75) is 13.1 Å². The van der Waals surface area contributed by atoms with E-state index in [0.29, 0.717) is 12.1 Å². The molecule has 0 amide bonds. The van der Waals surface area contributed by atoms with Gasteiger partial charge in [0.05, 0.1) is 14.2 Å². The summed E-state index contributed by atoms with van der Waals surface area (Å²) in [6.07, 6.45) is 0. The van der Waals surface area contributed by atoms with Crippen LogP contribution in [0.2, 0.25) is 0 Å². The Labute approximate surface area is 118 Å². The van der Waals surface area contributed by atoms with Crippen molar-refractivity contribution in [3.8, 4) is 11.5 Å². The molecule has 0 aliphatic heterocycles. The van der Waals surface area contributed by atoms with Crippen LogP contribution >= 0.6 is 0 Å². The van der Waals surface area contributed by atoms with E-state index in [4.69, 9.17) is 9.47 Å². The third kappa shape index (κ3) is 3.48. The number of methoxy groups -OCH3 is 2. The van der Waals surface area contributed by atoms with Crippen LogP contribution in [0.15, 0.2) is 42.5 Å². The smallest absolute Gasteiger partial charge is 0.132 e. The van der Waals surface area contributed by atoms with E-state index in [9.17, 15) is 4.39 Å². The fourth-order valence-corrected chi connectivity index (χ4v) is 2.07. The standard InChI is InChI=1S/C16H18FNO2/c1-19-14-8-7-13(16(9-14)20-2)11-18-10-12-5-3-4-6-15(12)17/h3-9,18H,10-11H2,1-2H3/p+1. The highest BCUT2D eigenvalue weighted by molar-refractivity contribution is 5.40. The number of hydrogen-bond donors (Lipinski definition) is 1. The van der Waals surface area contributed by atoms with E-state index in [1.165, 1.54) is 6.07 Å². The predicted molar refractivity (Wildman–Crippen MR) is 75.3 cm³/mol. The van der Waals surface area contributed by atoms with Gasteiger partial charge in [0, 0.05) is 17.2 Å². The number of benzene rings is 2. The molecule has 0 spiro atoms. The normalized spacial score (nSPS) is 10.3. The van der Waals surface area contributed by atoms with Gasteiger partial charge in [-0.1, -0.05) is 18.2 Å². The molecule has 0 fully saturated rings. The molecular weight excluding hydrogens is 257 g/mol. The van der Waals surface area contributed by atoms with Crippen LogP contribution in [0.3, 0.4) is 0 Å². The lowest BCUT2D eigenvalue weighted by Crippen LogP contribution is -2.80. The molecule has 0 aliphatic carbocycles. The quantitative estimate of drug-likeness (QED) is 0.877. The number of rotatable bonds is 6. The van der Waals surface area contributed by atoms with Crippen LogP contribution in [0.4, 0.5) is 4.39 Å². The maximum atomic E-state index is 13.5. The zero-order valence-corrected chi connectivity index (χ0v) is 11.7. The fourth-order valence-electron chi connectivity index (χ4n) is 2.07. The first-order chi connectivity index (χ1) is 9.74. The topological polar surface area (TPSA) is 35.1 Å². The zero-order valence-electron chi connectivity index (χ0n) is 11.7. The second kappa shape index (κ2) is 6.91. The number of nitrogens with two attached hydrogens (primary N) is 1. The number of quaternary nitrogens is 1. The van der Waals surface area contributed by atoms with E-state index in [-0.39, 0.29) is 5.82 Å². The first-order valence-corrected chi connectivity index (χ1v) is 6.50. The molecule has 0 heterocycles. The summed E-state index contributed by atoms with van der Waals surface area (Å²) in [7, 11) is 3.26. The van der Waals surface area contributed by atoms with Crippen molar-refractivity contribution >= 4 is 0 Å². The summed E-state index contributed by atoms with van der Waals surface area (Å²) in [5.41, 5.74) is 1.77. The molecule has 0 atom stereocenters. The van der Waals surface area contributed by atoms with Crippen LogP contribution < -0.4 is 14.8 Å². The van der Waals surface area contributed by atoms with Gasteiger partial charge in [-0.2, -0.15) is 0 Å². The lowest BCUT2D eigenvalue weighted by molar-refractivity contribution is -0.686. The summed E-state index contributed by atoms with van der Waals surface area (Å²) in [4.78, 5) is 0. The maximum absolute atomic E-state index is 13.5. The molecule has 2 aromatic rings. The van der Waals surface area contributed by atoms with Crippen LogP contribution in [0.5, 0.6) is 11.5 Å². The van der Waals surface area contributed by atoms with Crippen molar-refractivity contribution in [1.29, 1.82) is 0 Å². The molecule has 106 valence electrons. The minimum atomic E-state index is -0.162. The fraction of sp³-hybridized carbons (Fsp3) is 0.250. The second-order valence-corrected chi connectivity index (χ2v) is 4.47. The molecule has 3 nitrogen and oxygen atoms in total. The molecule has 0 saturated heterocycles. The average Bonchev–Trinajstić information content (AvgIpc) is 2.49. The Bertz CT molecular complexity index is 572. The van der Waals surface area contributed by atoms with Gasteiger partial charge in [0.2, 0.25) is 0 Å². The van der Waals surface area contributed by atoms with E-state index >= 15 is 0 Å². The Morgan fingerprint density at radius 1 is 0.950 bits per heavy atom. The van der Waals surface area contributed by atoms with Gasteiger partial charge in [0.1, 0.15) is 30.4 Å². The number of hydrogen-bond acceptors (Lipinski definition) is 2. The van der Waals surface area contributed by atoms with Gasteiger partial charge in [-0.25, -0.2) is 4.39 Å². The van der Waals surface area contributed by atoms with E-state index in [0.717, 1.165) is 23.6 Å². The van der Waals surface area contributed by atoms with Crippen LogP contribution in [0.25, 0.3) is 0 Å². The zero-order chi connectivity index (χ0) is 14.4. The van der Waals surface area contributed by atoms with Gasteiger partial charge in [0.15, 0.2) is 0 Å². The summed E-state index contributed by atoms with van der Waals surface area (Å²) in [6, 6.07) is 12.6. The Morgan fingerprint density at radius 3 is 2.40 bits per heavy atom. The lowest BCUT2D eigenvalue weighted by atomic mass is 10.1. The van der Waals surface area contributed by atoms with Crippen molar-refractivity contribution in [3.63, 3.8) is 0 Å². The maximum Gasteiger partial charge on any atom is 0.132 e. The summed E-state index contributed by atoms with van der Waals surface area (Å²) in [5.74, 6) is 1.39. The summed E-state index contributed by atoms with van der Waals surface area (Å²) in [6.45, 7) is 1.32. The van der Waals surface area contributed by atoms with E-state index in [2.05, 4.69) is 0 Å². The molecule has 0 bridgehead atoms. The van der Waals surface area contributed by atoms with Crippen LogP contribution in [-0.4, -0.2) is 14.2 Å². The Morgan fingerprint density at radius 2 is 1.70 bits per heavy atom. The van der Waals surface area contributed by atoms with Gasteiger partial charge in [-0.3, -0.25) is 0 Å². The predicted octanol–water partition coefficient (Wildman–Crippen LogP) is 2.11. The summed E-state index contributed by atoms with van der Waals surface area (Å²) >= 11 is 0.